The van der Waals surface area contributed by atoms with E-state index < -0.39 is 30.3 Å². The number of aromatic nitrogens is 1. The number of carbonyl (C=O) groups is 1. The van der Waals surface area contributed by atoms with Crippen molar-refractivity contribution in [1.82, 2.24) is 9.88 Å². The van der Waals surface area contributed by atoms with Crippen LogP contribution in [0.2, 0.25) is 0 Å². The number of hydrogen-bond acceptors (Lipinski definition) is 4. The van der Waals surface area contributed by atoms with Gasteiger partial charge in [-0.15, -0.1) is 0 Å². The van der Waals surface area contributed by atoms with Gasteiger partial charge in [0, 0.05) is 29.6 Å². The second-order valence-electron chi connectivity index (χ2n) is 6.62. The minimum absolute atomic E-state index is 0.0664. The Bertz CT molecular complexity index is 904. The largest absolute Gasteiger partial charge is 0.494 e. The zero-order chi connectivity index (χ0) is 20.3. The maximum atomic E-state index is 13.0. The van der Waals surface area contributed by atoms with Crippen molar-refractivity contribution in [2.75, 3.05) is 19.8 Å². The average molecular weight is 398 g/mol. The minimum atomic E-state index is -5.02. The van der Waals surface area contributed by atoms with Crippen LogP contribution in [0.1, 0.15) is 25.3 Å². The monoisotopic (exact) mass is 398 g/mol. The quantitative estimate of drug-likeness (QED) is 0.812. The van der Waals surface area contributed by atoms with Crippen molar-refractivity contribution in [1.29, 1.82) is 0 Å². The van der Waals surface area contributed by atoms with E-state index in [1.165, 1.54) is 6.07 Å². The Morgan fingerprint density at radius 2 is 2.14 bits per heavy atom. The van der Waals surface area contributed by atoms with Gasteiger partial charge in [-0.2, -0.15) is 13.2 Å². The molecule has 28 heavy (non-hydrogen) atoms. The van der Waals surface area contributed by atoms with E-state index in [0.29, 0.717) is 41.2 Å². The molecule has 1 saturated heterocycles. The number of rotatable bonds is 6. The fraction of sp³-hybridized carbons (Fsp3) is 0.474. The standard InChI is InChI=1S/C19H21F3N2O4/c1-2-27-14-5-6-16-12(9-14)8-13(17(25)23-16)10-24(18(26)19(20,21)22)11-15-4-3-7-28-15/h5-6,8-9,15H,2-4,7,10-11H2,1H3,(H,23,25). The third kappa shape index (κ3) is 4.64. The minimum Gasteiger partial charge on any atom is -0.494 e. The van der Waals surface area contributed by atoms with Gasteiger partial charge in [-0.3, -0.25) is 9.59 Å². The summed E-state index contributed by atoms with van der Waals surface area (Å²) >= 11 is 0. The summed E-state index contributed by atoms with van der Waals surface area (Å²) in [4.78, 5) is 27.5. The van der Waals surface area contributed by atoms with Crippen molar-refractivity contribution in [3.63, 3.8) is 0 Å². The molecule has 0 radical (unpaired) electrons. The lowest BCUT2D eigenvalue weighted by atomic mass is 10.1. The topological polar surface area (TPSA) is 71.6 Å². The van der Waals surface area contributed by atoms with Crippen LogP contribution >= 0.6 is 0 Å². The Kier molecular flexibility index (Phi) is 5.93. The molecule has 2 heterocycles. The molecule has 0 bridgehead atoms. The number of nitrogens with one attached hydrogen (secondary N) is 1. The normalized spacial score (nSPS) is 17.1. The number of nitrogens with zero attached hydrogens (tertiary/aromatic N) is 1. The van der Waals surface area contributed by atoms with Crippen molar-refractivity contribution in [3.05, 3.63) is 40.2 Å². The summed E-state index contributed by atoms with van der Waals surface area (Å²) in [5.41, 5.74) is 0.0609. The van der Waals surface area contributed by atoms with E-state index in [2.05, 4.69) is 4.98 Å². The lowest BCUT2D eigenvalue weighted by molar-refractivity contribution is -0.187. The van der Waals surface area contributed by atoms with Gasteiger partial charge in [0.25, 0.3) is 5.56 Å². The number of ether oxygens (including phenoxy) is 2. The molecule has 6 nitrogen and oxygen atoms in total. The highest BCUT2D eigenvalue weighted by Gasteiger charge is 2.43. The van der Waals surface area contributed by atoms with E-state index in [9.17, 15) is 22.8 Å². The highest BCUT2D eigenvalue weighted by molar-refractivity contribution is 5.83. The second-order valence-corrected chi connectivity index (χ2v) is 6.62. The van der Waals surface area contributed by atoms with Crippen molar-refractivity contribution in [2.24, 2.45) is 0 Å². The third-order valence-corrected chi connectivity index (χ3v) is 4.54. The van der Waals surface area contributed by atoms with Crippen molar-refractivity contribution >= 4 is 16.8 Å². The maximum absolute atomic E-state index is 13.0. The Hall–Kier alpha value is -2.55. The van der Waals surface area contributed by atoms with Crippen LogP contribution in [0.15, 0.2) is 29.1 Å². The average Bonchev–Trinajstić information content (AvgIpc) is 3.14. The molecular formula is C19H21F3N2O4. The molecule has 152 valence electrons. The number of fused-ring (bicyclic) bond motifs is 1. The van der Waals surface area contributed by atoms with E-state index in [0.717, 1.165) is 6.42 Å². The fourth-order valence-corrected chi connectivity index (χ4v) is 3.24. The van der Waals surface area contributed by atoms with Crippen molar-refractivity contribution in [2.45, 2.75) is 38.6 Å². The van der Waals surface area contributed by atoms with Gasteiger partial charge in [0.1, 0.15) is 5.75 Å². The van der Waals surface area contributed by atoms with Crippen LogP contribution in [0.5, 0.6) is 5.75 Å². The third-order valence-electron chi connectivity index (χ3n) is 4.54. The van der Waals surface area contributed by atoms with Crippen LogP contribution < -0.4 is 10.3 Å². The smallest absolute Gasteiger partial charge is 0.471 e. The van der Waals surface area contributed by atoms with Crippen LogP contribution in [-0.2, 0) is 16.1 Å². The Morgan fingerprint density at radius 3 is 2.79 bits per heavy atom. The van der Waals surface area contributed by atoms with Gasteiger partial charge in [0.15, 0.2) is 0 Å². The number of halogens is 3. The van der Waals surface area contributed by atoms with Crippen LogP contribution in [0.4, 0.5) is 13.2 Å². The maximum Gasteiger partial charge on any atom is 0.471 e. The van der Waals surface area contributed by atoms with Gasteiger partial charge in [0.05, 0.1) is 19.3 Å². The van der Waals surface area contributed by atoms with Gasteiger partial charge >= 0.3 is 12.1 Å². The van der Waals surface area contributed by atoms with E-state index in [1.807, 2.05) is 6.92 Å². The van der Waals surface area contributed by atoms with Crippen LogP contribution in [0.3, 0.4) is 0 Å². The number of benzene rings is 1. The zero-order valence-electron chi connectivity index (χ0n) is 15.3. The van der Waals surface area contributed by atoms with E-state index in [4.69, 9.17) is 9.47 Å². The number of pyridine rings is 1. The number of alkyl halides is 3. The van der Waals surface area contributed by atoms with Crippen LogP contribution in [0, 0.1) is 0 Å². The molecule has 0 spiro atoms. The first-order valence-corrected chi connectivity index (χ1v) is 9.04. The molecular weight excluding hydrogens is 377 g/mol. The molecule has 1 fully saturated rings. The Morgan fingerprint density at radius 1 is 1.36 bits per heavy atom. The summed E-state index contributed by atoms with van der Waals surface area (Å²) in [6, 6.07) is 6.53. The molecule has 1 aromatic heterocycles. The number of carbonyl (C=O) groups excluding carboxylic acids is 1. The summed E-state index contributed by atoms with van der Waals surface area (Å²) in [6.07, 6.45) is -4.18. The molecule has 9 heteroatoms. The summed E-state index contributed by atoms with van der Waals surface area (Å²) < 4.78 is 49.9. The Labute approximate surface area is 159 Å². The van der Waals surface area contributed by atoms with Gasteiger partial charge in [-0.25, -0.2) is 0 Å². The molecule has 0 aliphatic carbocycles. The molecule has 1 atom stereocenters. The lowest BCUT2D eigenvalue weighted by Crippen LogP contribution is -2.45. The first-order valence-electron chi connectivity index (χ1n) is 9.04. The highest BCUT2D eigenvalue weighted by atomic mass is 19.4. The number of hydrogen-bond donors (Lipinski definition) is 1. The van der Waals surface area contributed by atoms with Gasteiger partial charge in [-0.05, 0) is 44.0 Å². The fourth-order valence-electron chi connectivity index (χ4n) is 3.24. The molecule has 1 N–H and O–H groups in total. The first-order chi connectivity index (χ1) is 13.3. The molecule has 1 aliphatic rings. The number of aromatic amines is 1. The summed E-state index contributed by atoms with van der Waals surface area (Å²) in [7, 11) is 0. The second kappa shape index (κ2) is 8.22. The van der Waals surface area contributed by atoms with Gasteiger partial charge in [-0.1, -0.05) is 0 Å². The zero-order valence-corrected chi connectivity index (χ0v) is 15.3. The van der Waals surface area contributed by atoms with E-state index in [-0.39, 0.29) is 12.1 Å². The van der Waals surface area contributed by atoms with Gasteiger partial charge < -0.3 is 19.4 Å². The molecule has 1 amide bonds. The van der Waals surface area contributed by atoms with Crippen LogP contribution in [-0.4, -0.2) is 47.8 Å². The first kappa shape index (κ1) is 20.2. The number of amides is 1. The van der Waals surface area contributed by atoms with Crippen LogP contribution in [0.25, 0.3) is 10.9 Å². The summed E-state index contributed by atoms with van der Waals surface area (Å²) in [6.45, 7) is 2.07. The van der Waals surface area contributed by atoms with Gasteiger partial charge in [0.2, 0.25) is 0 Å². The molecule has 1 aliphatic heterocycles. The molecule has 2 aromatic rings. The summed E-state index contributed by atoms with van der Waals surface area (Å²) in [5.74, 6) is -1.40. The highest BCUT2D eigenvalue weighted by Crippen LogP contribution is 2.24. The molecule has 1 aromatic carbocycles. The van der Waals surface area contributed by atoms with E-state index >= 15 is 0 Å². The summed E-state index contributed by atoms with van der Waals surface area (Å²) in [5, 5.41) is 0.608. The number of H-pyrrole nitrogens is 1. The predicted molar refractivity (Wildman–Crippen MR) is 96.2 cm³/mol. The predicted octanol–water partition coefficient (Wildman–Crippen LogP) is 3.00. The van der Waals surface area contributed by atoms with Crippen molar-refractivity contribution < 1.29 is 27.4 Å². The molecule has 3 rings (SSSR count). The SMILES string of the molecule is CCOc1ccc2[nH]c(=O)c(CN(CC3CCCO3)C(=O)C(F)(F)F)cc2c1. The molecule has 0 saturated carbocycles. The Balaban J connectivity index is 1.91. The lowest BCUT2D eigenvalue weighted by Gasteiger charge is -2.26. The van der Waals surface area contributed by atoms with E-state index in [1.54, 1.807) is 18.2 Å². The molecule has 1 unspecified atom stereocenters. The van der Waals surface area contributed by atoms with Crippen molar-refractivity contribution in [3.8, 4) is 5.75 Å².